The molecule has 3 rings (SSSR count). The Hall–Kier alpha value is -2.31. The molecule has 0 atom stereocenters. The number of morpholine rings is 1. The number of unbranched alkanes of at least 4 members (excludes halogenated alkanes) is 2. The number of nitrogens with zero attached hydrogens (tertiary/aromatic N) is 3. The van der Waals surface area contributed by atoms with Gasteiger partial charge >= 0.3 is 0 Å². The van der Waals surface area contributed by atoms with Crippen LogP contribution in [0.15, 0.2) is 24.3 Å². The van der Waals surface area contributed by atoms with Gasteiger partial charge in [-0.15, -0.1) is 0 Å². The largest absolute Gasteiger partial charge is 0.379 e. The number of anilines is 1. The SMILES string of the molecule is CCCCCc1c(-c2ccc(N(C)C)cc2)c(C(N)=O)c(C)n1CCCN1CCOCC1. The summed E-state index contributed by atoms with van der Waals surface area (Å²) >= 11 is 0. The van der Waals surface area contributed by atoms with Gasteiger partial charge in [-0.25, -0.2) is 0 Å². The number of carbonyl (C=O) groups excluding carboxylic acids is 1. The molecule has 6 heteroatoms. The van der Waals surface area contributed by atoms with E-state index < -0.39 is 0 Å². The number of amides is 1. The lowest BCUT2D eigenvalue weighted by Crippen LogP contribution is -2.37. The minimum atomic E-state index is -0.335. The van der Waals surface area contributed by atoms with E-state index in [2.05, 4.69) is 52.5 Å². The summed E-state index contributed by atoms with van der Waals surface area (Å²) in [7, 11) is 4.07. The van der Waals surface area contributed by atoms with Crippen molar-refractivity contribution in [2.24, 2.45) is 5.73 Å². The molecule has 32 heavy (non-hydrogen) atoms. The maximum atomic E-state index is 12.6. The summed E-state index contributed by atoms with van der Waals surface area (Å²) in [6.45, 7) is 9.88. The molecular weight excluding hydrogens is 400 g/mol. The molecule has 0 spiro atoms. The lowest BCUT2D eigenvalue weighted by atomic mass is 9.97. The number of ether oxygens (including phenoxy) is 1. The molecule has 0 unspecified atom stereocenters. The average Bonchev–Trinajstić information content (AvgIpc) is 3.06. The molecule has 1 fully saturated rings. The van der Waals surface area contributed by atoms with Gasteiger partial charge in [-0.3, -0.25) is 9.69 Å². The van der Waals surface area contributed by atoms with Gasteiger partial charge in [-0.1, -0.05) is 31.9 Å². The zero-order valence-corrected chi connectivity index (χ0v) is 20.3. The zero-order chi connectivity index (χ0) is 23.1. The lowest BCUT2D eigenvalue weighted by Gasteiger charge is -2.26. The van der Waals surface area contributed by atoms with E-state index in [0.29, 0.717) is 5.56 Å². The quantitative estimate of drug-likeness (QED) is 0.535. The number of aromatic nitrogens is 1. The van der Waals surface area contributed by atoms with Gasteiger partial charge in [-0.2, -0.15) is 0 Å². The van der Waals surface area contributed by atoms with Crippen LogP contribution in [-0.4, -0.2) is 62.3 Å². The summed E-state index contributed by atoms with van der Waals surface area (Å²) in [6.07, 6.45) is 5.48. The number of hydrogen-bond donors (Lipinski definition) is 1. The topological polar surface area (TPSA) is 63.7 Å². The van der Waals surface area contributed by atoms with Crippen LogP contribution in [0.2, 0.25) is 0 Å². The average molecular weight is 441 g/mol. The van der Waals surface area contributed by atoms with Crippen molar-refractivity contribution < 1.29 is 9.53 Å². The maximum Gasteiger partial charge on any atom is 0.251 e. The van der Waals surface area contributed by atoms with Crippen molar-refractivity contribution in [3.05, 3.63) is 41.2 Å². The number of benzene rings is 1. The van der Waals surface area contributed by atoms with Crippen LogP contribution in [0, 0.1) is 6.92 Å². The Labute approximate surface area is 193 Å². The predicted octanol–water partition coefficient (Wildman–Crippen LogP) is 4.08. The van der Waals surface area contributed by atoms with E-state index >= 15 is 0 Å². The van der Waals surface area contributed by atoms with Gasteiger partial charge in [0.2, 0.25) is 0 Å². The normalized spacial score (nSPS) is 14.6. The molecule has 1 aromatic carbocycles. The second-order valence-electron chi connectivity index (χ2n) is 9.00. The van der Waals surface area contributed by atoms with Crippen molar-refractivity contribution >= 4 is 11.6 Å². The molecule has 2 aromatic rings. The standard InChI is InChI=1S/C26H40N4O2/c1-5-6-7-9-23-25(21-10-12-22(13-11-21)28(3)4)24(26(27)31)20(2)30(23)15-8-14-29-16-18-32-19-17-29/h10-13H,5-9,14-19H2,1-4H3,(H2,27,31). The minimum Gasteiger partial charge on any atom is -0.379 e. The van der Waals surface area contributed by atoms with Gasteiger partial charge < -0.3 is 19.9 Å². The molecule has 1 aliphatic heterocycles. The number of primary amides is 1. The number of carbonyl (C=O) groups is 1. The molecule has 1 aliphatic rings. The van der Waals surface area contributed by atoms with Crippen LogP contribution in [0.25, 0.3) is 11.1 Å². The van der Waals surface area contributed by atoms with Crippen molar-refractivity contribution in [2.75, 3.05) is 51.8 Å². The molecule has 2 heterocycles. The Balaban J connectivity index is 1.95. The summed E-state index contributed by atoms with van der Waals surface area (Å²) in [5, 5.41) is 0. The van der Waals surface area contributed by atoms with Crippen molar-refractivity contribution in [3.63, 3.8) is 0 Å². The van der Waals surface area contributed by atoms with Crippen LogP contribution in [-0.2, 0) is 17.7 Å². The van der Waals surface area contributed by atoms with Crippen LogP contribution in [0.4, 0.5) is 5.69 Å². The van der Waals surface area contributed by atoms with E-state index in [9.17, 15) is 4.79 Å². The fourth-order valence-corrected chi connectivity index (χ4v) is 4.72. The summed E-state index contributed by atoms with van der Waals surface area (Å²) in [5.74, 6) is -0.335. The summed E-state index contributed by atoms with van der Waals surface area (Å²) in [4.78, 5) is 17.1. The molecule has 176 valence electrons. The molecule has 0 aliphatic carbocycles. The van der Waals surface area contributed by atoms with E-state index in [1.807, 2.05) is 14.1 Å². The molecule has 2 N–H and O–H groups in total. The Morgan fingerprint density at radius 2 is 1.75 bits per heavy atom. The number of rotatable bonds is 11. The maximum absolute atomic E-state index is 12.6. The Morgan fingerprint density at radius 1 is 1.06 bits per heavy atom. The summed E-state index contributed by atoms with van der Waals surface area (Å²) < 4.78 is 7.84. The predicted molar refractivity (Wildman–Crippen MR) is 133 cm³/mol. The van der Waals surface area contributed by atoms with Gasteiger partial charge in [0.05, 0.1) is 18.8 Å². The third-order valence-corrected chi connectivity index (χ3v) is 6.53. The van der Waals surface area contributed by atoms with E-state index in [1.54, 1.807) is 0 Å². The fourth-order valence-electron chi connectivity index (χ4n) is 4.72. The van der Waals surface area contributed by atoms with Crippen LogP contribution < -0.4 is 10.6 Å². The highest BCUT2D eigenvalue weighted by Gasteiger charge is 2.24. The third kappa shape index (κ3) is 5.73. The Kier molecular flexibility index (Phi) is 8.76. The van der Waals surface area contributed by atoms with Crippen molar-refractivity contribution in [2.45, 2.75) is 52.5 Å². The second-order valence-corrected chi connectivity index (χ2v) is 9.00. The Morgan fingerprint density at radius 3 is 2.34 bits per heavy atom. The first-order chi connectivity index (χ1) is 15.4. The zero-order valence-electron chi connectivity index (χ0n) is 20.3. The van der Waals surface area contributed by atoms with Crippen molar-refractivity contribution in [1.82, 2.24) is 9.47 Å². The highest BCUT2D eigenvalue weighted by Crippen LogP contribution is 2.35. The van der Waals surface area contributed by atoms with Gasteiger partial charge in [0, 0.05) is 62.9 Å². The van der Waals surface area contributed by atoms with Gasteiger partial charge in [0.15, 0.2) is 0 Å². The number of hydrogen-bond acceptors (Lipinski definition) is 4. The molecule has 0 radical (unpaired) electrons. The molecular formula is C26H40N4O2. The minimum absolute atomic E-state index is 0.335. The van der Waals surface area contributed by atoms with Crippen molar-refractivity contribution in [3.8, 4) is 11.1 Å². The summed E-state index contributed by atoms with van der Waals surface area (Å²) in [5.41, 5.74) is 12.1. The summed E-state index contributed by atoms with van der Waals surface area (Å²) in [6, 6.07) is 8.47. The van der Waals surface area contributed by atoms with Crippen LogP contribution in [0.1, 0.15) is 54.4 Å². The van der Waals surface area contributed by atoms with E-state index in [1.165, 1.54) is 18.5 Å². The van der Waals surface area contributed by atoms with Crippen LogP contribution in [0.3, 0.4) is 0 Å². The third-order valence-electron chi connectivity index (χ3n) is 6.53. The molecule has 6 nitrogen and oxygen atoms in total. The van der Waals surface area contributed by atoms with Gasteiger partial charge in [0.1, 0.15) is 0 Å². The lowest BCUT2D eigenvalue weighted by molar-refractivity contribution is 0.0369. The smallest absolute Gasteiger partial charge is 0.251 e. The first kappa shape index (κ1) is 24.3. The van der Waals surface area contributed by atoms with Gasteiger partial charge in [-0.05, 0) is 43.9 Å². The fraction of sp³-hybridized carbons (Fsp3) is 0.577. The van der Waals surface area contributed by atoms with Crippen LogP contribution in [0.5, 0.6) is 0 Å². The molecule has 0 saturated carbocycles. The molecule has 1 amide bonds. The molecule has 1 saturated heterocycles. The first-order valence-corrected chi connectivity index (χ1v) is 12.0. The molecule has 0 bridgehead atoms. The van der Waals surface area contributed by atoms with E-state index in [4.69, 9.17) is 10.5 Å². The van der Waals surface area contributed by atoms with E-state index in [0.717, 1.165) is 81.2 Å². The second kappa shape index (κ2) is 11.5. The Bertz CT molecular complexity index is 880. The van der Waals surface area contributed by atoms with E-state index in [-0.39, 0.29) is 5.91 Å². The van der Waals surface area contributed by atoms with Crippen molar-refractivity contribution in [1.29, 1.82) is 0 Å². The monoisotopic (exact) mass is 440 g/mol. The highest BCUT2D eigenvalue weighted by molar-refractivity contribution is 6.02. The first-order valence-electron chi connectivity index (χ1n) is 12.0. The highest BCUT2D eigenvalue weighted by atomic mass is 16.5. The van der Waals surface area contributed by atoms with Crippen LogP contribution >= 0.6 is 0 Å². The molecule has 1 aromatic heterocycles. The number of nitrogens with two attached hydrogens (primary N) is 1. The van der Waals surface area contributed by atoms with Gasteiger partial charge in [0.25, 0.3) is 5.91 Å².